The molecule has 3 atom stereocenters. The summed E-state index contributed by atoms with van der Waals surface area (Å²) in [5, 5.41) is 3.98. The second kappa shape index (κ2) is 5.67. The van der Waals surface area contributed by atoms with Crippen molar-refractivity contribution in [2.24, 2.45) is 5.92 Å². The quantitative estimate of drug-likeness (QED) is 0.844. The van der Waals surface area contributed by atoms with Crippen LogP contribution in [0.1, 0.15) is 34.7 Å². The summed E-state index contributed by atoms with van der Waals surface area (Å²) in [6.07, 6.45) is 6.28. The maximum absolute atomic E-state index is 13.1. The molecule has 0 spiro atoms. The van der Waals surface area contributed by atoms with Crippen LogP contribution in [0.25, 0.3) is 0 Å². The number of likely N-dealkylation sites (tertiary alicyclic amines) is 1. The lowest BCUT2D eigenvalue weighted by molar-refractivity contribution is -0.00340. The van der Waals surface area contributed by atoms with Crippen LogP contribution in [-0.2, 0) is 0 Å². The third kappa shape index (κ3) is 2.15. The topological polar surface area (TPSA) is 36.4 Å². The minimum atomic E-state index is 0.214. The van der Waals surface area contributed by atoms with E-state index in [0.717, 1.165) is 12.1 Å². The van der Waals surface area contributed by atoms with Gasteiger partial charge in [0.05, 0.1) is 11.6 Å². The van der Waals surface area contributed by atoms with Crippen molar-refractivity contribution in [2.75, 3.05) is 19.6 Å². The molecule has 24 heavy (non-hydrogen) atoms. The van der Waals surface area contributed by atoms with Gasteiger partial charge in [-0.2, -0.15) is 11.3 Å². The number of carbonyl (C=O) groups is 1. The number of piperidine rings is 3. The first-order valence-electron chi connectivity index (χ1n) is 8.80. The Labute approximate surface area is 146 Å². The lowest BCUT2D eigenvalue weighted by Crippen LogP contribution is -2.60. The number of thiophene rings is 1. The van der Waals surface area contributed by atoms with E-state index in [1.54, 1.807) is 11.3 Å². The summed E-state index contributed by atoms with van der Waals surface area (Å²) in [6, 6.07) is 6.98. The smallest absolute Gasteiger partial charge is 0.255 e. The van der Waals surface area contributed by atoms with Crippen LogP contribution >= 0.6 is 11.3 Å². The maximum Gasteiger partial charge on any atom is 0.255 e. The highest BCUT2D eigenvalue weighted by Gasteiger charge is 2.54. The van der Waals surface area contributed by atoms with Gasteiger partial charge in [0.15, 0.2) is 0 Å². The zero-order valence-electron chi connectivity index (χ0n) is 13.5. The van der Waals surface area contributed by atoms with Gasteiger partial charge in [-0.05, 0) is 54.9 Å². The minimum Gasteiger partial charge on any atom is -0.333 e. The molecule has 0 aromatic carbocycles. The van der Waals surface area contributed by atoms with Gasteiger partial charge in [-0.15, -0.1) is 0 Å². The molecule has 4 nitrogen and oxygen atoms in total. The van der Waals surface area contributed by atoms with Crippen LogP contribution in [0.5, 0.6) is 0 Å². The highest BCUT2D eigenvalue weighted by atomic mass is 32.1. The molecule has 3 unspecified atom stereocenters. The Bertz CT molecular complexity index is 724. The number of amides is 1. The predicted molar refractivity (Wildman–Crippen MR) is 94.2 cm³/mol. The Hall–Kier alpha value is -1.72. The van der Waals surface area contributed by atoms with E-state index >= 15 is 0 Å². The summed E-state index contributed by atoms with van der Waals surface area (Å²) in [5.41, 5.74) is 2.13. The van der Waals surface area contributed by atoms with Gasteiger partial charge in [-0.25, -0.2) is 0 Å². The largest absolute Gasteiger partial charge is 0.333 e. The first-order valence-corrected chi connectivity index (χ1v) is 9.74. The Morgan fingerprint density at radius 1 is 1.21 bits per heavy atom. The van der Waals surface area contributed by atoms with Crippen LogP contribution < -0.4 is 0 Å². The predicted octanol–water partition coefficient (Wildman–Crippen LogP) is 2.85. The third-order valence-corrected chi connectivity index (χ3v) is 6.82. The van der Waals surface area contributed by atoms with Gasteiger partial charge in [-0.1, -0.05) is 6.07 Å². The van der Waals surface area contributed by atoms with Crippen molar-refractivity contribution >= 4 is 17.2 Å². The first-order chi connectivity index (χ1) is 11.8. The standard InChI is InChI=1S/C19H21N3OS/c23-19(15-5-9-24-12-15)22-11-16(14-2-1-6-20-10-14)18-17(22)13-3-7-21(18)8-4-13/h1-2,5-6,9-10,12-13,16-18H,3-4,7-8,11H2. The van der Waals surface area contributed by atoms with E-state index in [0.29, 0.717) is 23.9 Å². The number of rotatable bonds is 2. The number of hydrogen-bond donors (Lipinski definition) is 0. The summed E-state index contributed by atoms with van der Waals surface area (Å²) in [6.45, 7) is 3.19. The van der Waals surface area contributed by atoms with E-state index < -0.39 is 0 Å². The van der Waals surface area contributed by atoms with Crippen LogP contribution in [-0.4, -0.2) is 52.4 Å². The lowest BCUT2D eigenvalue weighted by atomic mass is 9.75. The number of hydrogen-bond acceptors (Lipinski definition) is 4. The van der Waals surface area contributed by atoms with Gasteiger partial charge in [-0.3, -0.25) is 14.7 Å². The second-order valence-corrected chi connectivity index (χ2v) is 8.00. The van der Waals surface area contributed by atoms with Gasteiger partial charge in [0.25, 0.3) is 5.91 Å². The van der Waals surface area contributed by atoms with E-state index in [1.807, 2.05) is 35.3 Å². The van der Waals surface area contributed by atoms with Gasteiger partial charge in [0.1, 0.15) is 0 Å². The SMILES string of the molecule is O=C(c1ccsc1)N1CC(c2cccnc2)C2C1C1CCN2CC1. The number of nitrogens with zero attached hydrogens (tertiary/aromatic N) is 3. The van der Waals surface area contributed by atoms with Crippen molar-refractivity contribution in [1.29, 1.82) is 0 Å². The van der Waals surface area contributed by atoms with Crippen molar-refractivity contribution in [3.8, 4) is 0 Å². The van der Waals surface area contributed by atoms with Crippen molar-refractivity contribution < 1.29 is 4.79 Å². The fourth-order valence-electron chi connectivity index (χ4n) is 5.10. The maximum atomic E-state index is 13.1. The Balaban J connectivity index is 1.54. The molecule has 4 aliphatic rings. The van der Waals surface area contributed by atoms with Gasteiger partial charge in [0, 0.05) is 36.3 Å². The van der Waals surface area contributed by atoms with Gasteiger partial charge >= 0.3 is 0 Å². The van der Waals surface area contributed by atoms with Crippen molar-refractivity contribution in [3.63, 3.8) is 0 Å². The Kier molecular flexibility index (Phi) is 3.45. The highest BCUT2D eigenvalue weighted by molar-refractivity contribution is 7.08. The van der Waals surface area contributed by atoms with Crippen molar-refractivity contribution in [2.45, 2.75) is 30.8 Å². The van der Waals surface area contributed by atoms with Crippen molar-refractivity contribution in [3.05, 3.63) is 52.5 Å². The van der Waals surface area contributed by atoms with Crippen LogP contribution in [0.4, 0.5) is 0 Å². The monoisotopic (exact) mass is 339 g/mol. The Morgan fingerprint density at radius 3 is 2.79 bits per heavy atom. The molecule has 4 saturated heterocycles. The third-order valence-electron chi connectivity index (χ3n) is 6.14. The minimum absolute atomic E-state index is 0.214. The average molecular weight is 339 g/mol. The van der Waals surface area contributed by atoms with E-state index in [-0.39, 0.29) is 5.91 Å². The lowest BCUT2D eigenvalue weighted by Gasteiger charge is -2.51. The van der Waals surface area contributed by atoms with E-state index in [1.165, 1.54) is 31.5 Å². The second-order valence-electron chi connectivity index (χ2n) is 7.22. The van der Waals surface area contributed by atoms with Crippen LogP contribution in [0.2, 0.25) is 0 Å². The molecule has 0 aliphatic carbocycles. The molecule has 124 valence electrons. The molecule has 6 rings (SSSR count). The summed E-state index contributed by atoms with van der Waals surface area (Å²) in [5.74, 6) is 1.25. The molecule has 4 fully saturated rings. The van der Waals surface area contributed by atoms with Gasteiger partial charge in [0.2, 0.25) is 0 Å². The summed E-state index contributed by atoms with van der Waals surface area (Å²) in [4.78, 5) is 22.3. The molecule has 1 amide bonds. The number of fused-ring (bicyclic) bond motifs is 2. The molecule has 4 aliphatic heterocycles. The first kappa shape index (κ1) is 14.6. The molecule has 0 saturated carbocycles. The molecule has 2 aromatic rings. The number of pyridine rings is 1. The molecule has 0 radical (unpaired) electrons. The summed E-state index contributed by atoms with van der Waals surface area (Å²) >= 11 is 1.60. The number of carbonyl (C=O) groups excluding carboxylic acids is 1. The van der Waals surface area contributed by atoms with E-state index in [2.05, 4.69) is 20.9 Å². The molecular formula is C19H21N3OS. The van der Waals surface area contributed by atoms with Crippen LogP contribution in [0, 0.1) is 5.92 Å². The molecule has 5 heteroatoms. The molecule has 0 N–H and O–H groups in total. The van der Waals surface area contributed by atoms with E-state index in [9.17, 15) is 4.79 Å². The zero-order valence-corrected chi connectivity index (χ0v) is 14.4. The summed E-state index contributed by atoms with van der Waals surface area (Å²) < 4.78 is 0. The highest BCUT2D eigenvalue weighted by Crippen LogP contribution is 2.46. The normalized spacial score (nSPS) is 34.3. The molecule has 2 aromatic heterocycles. The molecular weight excluding hydrogens is 318 g/mol. The van der Waals surface area contributed by atoms with Gasteiger partial charge < -0.3 is 4.90 Å². The summed E-state index contributed by atoms with van der Waals surface area (Å²) in [7, 11) is 0. The van der Waals surface area contributed by atoms with Crippen molar-refractivity contribution in [1.82, 2.24) is 14.8 Å². The molecule has 6 heterocycles. The number of aromatic nitrogens is 1. The Morgan fingerprint density at radius 2 is 2.08 bits per heavy atom. The fraction of sp³-hybridized carbons (Fsp3) is 0.474. The van der Waals surface area contributed by atoms with E-state index in [4.69, 9.17) is 0 Å². The molecule has 2 bridgehead atoms. The average Bonchev–Trinajstić information content (AvgIpc) is 3.32. The fourth-order valence-corrected chi connectivity index (χ4v) is 5.72. The van der Waals surface area contributed by atoms with Crippen LogP contribution in [0.3, 0.4) is 0 Å². The zero-order chi connectivity index (χ0) is 16.1. The van der Waals surface area contributed by atoms with Crippen LogP contribution in [0.15, 0.2) is 41.4 Å².